The summed E-state index contributed by atoms with van der Waals surface area (Å²) in [5, 5.41) is 0. The zero-order valence-electron chi connectivity index (χ0n) is 19.6. The van der Waals surface area contributed by atoms with Crippen molar-refractivity contribution in [2.75, 3.05) is 18.0 Å². The summed E-state index contributed by atoms with van der Waals surface area (Å²) in [6.07, 6.45) is 1.73. The standard InChI is InChI=1S/C26H29F3N4O2/c1-2-3-10-22-17-33(21-11-7-12-24(13-21)35-26(27,28)29)25(34)18-31(22)16-23-14-30-19-32(23)15-20-8-5-4-6-9-20/h4-9,11-14,19,22H,2-3,10,15-18H2,1H3. The second-order valence-electron chi connectivity index (χ2n) is 8.75. The first-order valence-electron chi connectivity index (χ1n) is 11.8. The number of alkyl halides is 3. The van der Waals surface area contributed by atoms with E-state index in [1.165, 1.54) is 18.2 Å². The molecule has 9 heteroatoms. The van der Waals surface area contributed by atoms with Gasteiger partial charge in [-0.1, -0.05) is 56.2 Å². The van der Waals surface area contributed by atoms with Gasteiger partial charge in [0.2, 0.25) is 5.91 Å². The van der Waals surface area contributed by atoms with Crippen molar-refractivity contribution in [2.24, 2.45) is 0 Å². The van der Waals surface area contributed by atoms with Crippen LogP contribution < -0.4 is 9.64 Å². The average Bonchev–Trinajstić information content (AvgIpc) is 3.24. The van der Waals surface area contributed by atoms with Crippen LogP contribution in [0.3, 0.4) is 0 Å². The summed E-state index contributed by atoms with van der Waals surface area (Å²) >= 11 is 0. The molecule has 186 valence electrons. The van der Waals surface area contributed by atoms with Crippen LogP contribution in [-0.2, 0) is 17.9 Å². The van der Waals surface area contributed by atoms with E-state index in [1.54, 1.807) is 17.3 Å². The maximum absolute atomic E-state index is 13.1. The van der Waals surface area contributed by atoms with Gasteiger partial charge in [-0.25, -0.2) is 4.98 Å². The molecule has 1 fully saturated rings. The number of halogens is 3. The summed E-state index contributed by atoms with van der Waals surface area (Å²) in [4.78, 5) is 21.2. The topological polar surface area (TPSA) is 50.6 Å². The first-order valence-corrected chi connectivity index (χ1v) is 11.8. The van der Waals surface area contributed by atoms with Gasteiger partial charge in [0.1, 0.15) is 5.75 Å². The van der Waals surface area contributed by atoms with Crippen LogP contribution in [0.4, 0.5) is 18.9 Å². The highest BCUT2D eigenvalue weighted by Gasteiger charge is 2.34. The summed E-state index contributed by atoms with van der Waals surface area (Å²) in [7, 11) is 0. The molecule has 1 aromatic heterocycles. The Morgan fingerprint density at radius 2 is 1.89 bits per heavy atom. The van der Waals surface area contributed by atoms with Crippen molar-refractivity contribution in [1.29, 1.82) is 0 Å². The minimum Gasteiger partial charge on any atom is -0.406 e. The van der Waals surface area contributed by atoms with E-state index in [2.05, 4.69) is 38.2 Å². The molecular weight excluding hydrogens is 457 g/mol. The molecule has 1 atom stereocenters. The van der Waals surface area contributed by atoms with E-state index in [0.717, 1.165) is 30.5 Å². The number of hydrogen-bond acceptors (Lipinski definition) is 4. The van der Waals surface area contributed by atoms with Crippen LogP contribution in [0.2, 0.25) is 0 Å². The van der Waals surface area contributed by atoms with Crippen molar-refractivity contribution in [2.45, 2.75) is 51.7 Å². The Hall–Kier alpha value is -3.33. The van der Waals surface area contributed by atoms with Crippen molar-refractivity contribution in [1.82, 2.24) is 14.5 Å². The SMILES string of the molecule is CCCCC1CN(c2cccc(OC(F)(F)F)c2)C(=O)CN1Cc1cncn1Cc1ccccc1. The largest absolute Gasteiger partial charge is 0.573 e. The molecule has 4 rings (SSSR count). The van der Waals surface area contributed by atoms with Crippen LogP contribution in [0.1, 0.15) is 37.4 Å². The zero-order valence-corrected chi connectivity index (χ0v) is 19.6. The van der Waals surface area contributed by atoms with Gasteiger partial charge in [0, 0.05) is 43.6 Å². The number of ether oxygens (including phenoxy) is 1. The minimum atomic E-state index is -4.78. The third kappa shape index (κ3) is 6.63. The number of anilines is 1. The highest BCUT2D eigenvalue weighted by Crippen LogP contribution is 2.29. The molecule has 1 amide bonds. The molecular formula is C26H29F3N4O2. The molecule has 35 heavy (non-hydrogen) atoms. The first kappa shape index (κ1) is 24.8. The Morgan fingerprint density at radius 3 is 2.63 bits per heavy atom. The molecule has 0 radical (unpaired) electrons. The van der Waals surface area contributed by atoms with Gasteiger partial charge in [-0.2, -0.15) is 0 Å². The number of amides is 1. The molecule has 0 aliphatic carbocycles. The molecule has 0 N–H and O–H groups in total. The molecule has 0 spiro atoms. The van der Waals surface area contributed by atoms with E-state index < -0.39 is 6.36 Å². The number of benzene rings is 2. The number of carbonyl (C=O) groups is 1. The van der Waals surface area contributed by atoms with Crippen molar-refractivity contribution in [3.05, 3.63) is 78.4 Å². The lowest BCUT2D eigenvalue weighted by molar-refractivity contribution is -0.274. The van der Waals surface area contributed by atoms with Gasteiger partial charge < -0.3 is 14.2 Å². The summed E-state index contributed by atoms with van der Waals surface area (Å²) < 4.78 is 44.2. The maximum atomic E-state index is 13.1. The number of aromatic nitrogens is 2. The average molecular weight is 487 g/mol. The van der Waals surface area contributed by atoms with Crippen LogP contribution in [0.25, 0.3) is 0 Å². The molecule has 2 heterocycles. The number of unbranched alkanes of at least 4 members (excludes halogenated alkanes) is 1. The van der Waals surface area contributed by atoms with Gasteiger partial charge in [-0.3, -0.25) is 9.69 Å². The van der Waals surface area contributed by atoms with Gasteiger partial charge in [0.25, 0.3) is 0 Å². The predicted octanol–water partition coefficient (Wildman–Crippen LogP) is 5.24. The van der Waals surface area contributed by atoms with E-state index in [9.17, 15) is 18.0 Å². The molecule has 0 saturated carbocycles. The molecule has 0 bridgehead atoms. The molecule has 6 nitrogen and oxygen atoms in total. The van der Waals surface area contributed by atoms with Gasteiger partial charge in [0.05, 0.1) is 18.6 Å². The lowest BCUT2D eigenvalue weighted by Gasteiger charge is -2.41. The highest BCUT2D eigenvalue weighted by molar-refractivity contribution is 5.95. The number of piperazine rings is 1. The van der Waals surface area contributed by atoms with Crippen molar-refractivity contribution in [3.8, 4) is 5.75 Å². The van der Waals surface area contributed by atoms with Crippen molar-refractivity contribution < 1.29 is 22.7 Å². The van der Waals surface area contributed by atoms with Crippen molar-refractivity contribution >= 4 is 11.6 Å². The molecule has 3 aromatic rings. The molecule has 2 aromatic carbocycles. The fourth-order valence-corrected chi connectivity index (χ4v) is 4.42. The molecule has 1 aliphatic heterocycles. The summed E-state index contributed by atoms with van der Waals surface area (Å²) in [5.74, 6) is -0.490. The van der Waals surface area contributed by atoms with Crippen molar-refractivity contribution in [3.63, 3.8) is 0 Å². The summed E-state index contributed by atoms with van der Waals surface area (Å²) in [5.41, 5.74) is 2.58. The Kier molecular flexibility index (Phi) is 7.75. The van der Waals surface area contributed by atoms with Gasteiger partial charge in [0.15, 0.2) is 0 Å². The predicted molar refractivity (Wildman–Crippen MR) is 127 cm³/mol. The van der Waals surface area contributed by atoms with E-state index in [0.29, 0.717) is 25.3 Å². The second-order valence-corrected chi connectivity index (χ2v) is 8.75. The van der Waals surface area contributed by atoms with E-state index >= 15 is 0 Å². The number of carbonyl (C=O) groups excluding carboxylic acids is 1. The normalized spacial score (nSPS) is 17.1. The number of rotatable bonds is 9. The number of hydrogen-bond donors (Lipinski definition) is 0. The Labute approximate surface area is 202 Å². The van der Waals surface area contributed by atoms with Gasteiger partial charge in [-0.15, -0.1) is 13.2 Å². The third-order valence-corrected chi connectivity index (χ3v) is 6.16. The Balaban J connectivity index is 1.51. The molecule has 1 aliphatic rings. The number of nitrogens with zero attached hydrogens (tertiary/aromatic N) is 4. The van der Waals surface area contributed by atoms with Crippen LogP contribution in [0.15, 0.2) is 67.1 Å². The third-order valence-electron chi connectivity index (χ3n) is 6.16. The zero-order chi connectivity index (χ0) is 24.8. The van der Waals surface area contributed by atoms with E-state index in [4.69, 9.17) is 0 Å². The van der Waals surface area contributed by atoms with Crippen LogP contribution >= 0.6 is 0 Å². The second kappa shape index (κ2) is 10.9. The fraction of sp³-hybridized carbons (Fsp3) is 0.385. The summed E-state index contributed by atoms with van der Waals surface area (Å²) in [6.45, 7) is 3.95. The monoisotopic (exact) mass is 486 g/mol. The Bertz CT molecular complexity index is 1120. The quantitative estimate of drug-likeness (QED) is 0.415. The minimum absolute atomic E-state index is 0.0694. The fourth-order valence-electron chi connectivity index (χ4n) is 4.42. The smallest absolute Gasteiger partial charge is 0.406 e. The lowest BCUT2D eigenvalue weighted by atomic mass is 10.0. The van der Waals surface area contributed by atoms with Crippen LogP contribution in [0, 0.1) is 0 Å². The van der Waals surface area contributed by atoms with Gasteiger partial charge in [-0.05, 0) is 24.1 Å². The molecule has 1 saturated heterocycles. The maximum Gasteiger partial charge on any atom is 0.573 e. The molecule has 1 unspecified atom stereocenters. The van der Waals surface area contributed by atoms with Crippen LogP contribution in [0.5, 0.6) is 5.75 Å². The van der Waals surface area contributed by atoms with Gasteiger partial charge >= 0.3 is 6.36 Å². The highest BCUT2D eigenvalue weighted by atomic mass is 19.4. The van der Waals surface area contributed by atoms with E-state index in [1.807, 2.05) is 24.4 Å². The Morgan fingerprint density at radius 1 is 1.09 bits per heavy atom. The summed E-state index contributed by atoms with van der Waals surface area (Å²) in [6, 6.07) is 15.8. The van der Waals surface area contributed by atoms with E-state index in [-0.39, 0.29) is 24.2 Å². The van der Waals surface area contributed by atoms with Crippen LogP contribution in [-0.4, -0.2) is 45.9 Å². The lowest BCUT2D eigenvalue weighted by Crippen LogP contribution is -2.56. The number of imidazole rings is 1. The first-order chi connectivity index (χ1) is 16.8.